The van der Waals surface area contributed by atoms with Crippen molar-refractivity contribution in [1.29, 1.82) is 0 Å². The van der Waals surface area contributed by atoms with Gasteiger partial charge in [0.05, 0.1) is 19.8 Å². The van der Waals surface area contributed by atoms with Crippen molar-refractivity contribution in [2.45, 2.75) is 25.6 Å². The van der Waals surface area contributed by atoms with E-state index in [1.807, 2.05) is 18.2 Å². The van der Waals surface area contributed by atoms with E-state index in [2.05, 4.69) is 5.32 Å². The van der Waals surface area contributed by atoms with E-state index in [0.29, 0.717) is 24.5 Å². The van der Waals surface area contributed by atoms with E-state index in [-0.39, 0.29) is 5.56 Å². The summed E-state index contributed by atoms with van der Waals surface area (Å²) in [5.74, 6) is 1.28. The molecular weight excluding hydrogens is 331 g/mol. The third kappa shape index (κ3) is 4.89. The first kappa shape index (κ1) is 19.1. The molecule has 0 bridgehead atoms. The smallest absolute Gasteiger partial charge is 0.416 e. The molecule has 2 aromatic carbocycles. The fourth-order valence-corrected chi connectivity index (χ4v) is 2.71. The predicted octanol–water partition coefficient (Wildman–Crippen LogP) is 4.62. The van der Waals surface area contributed by atoms with E-state index in [0.717, 1.165) is 11.6 Å². The molecule has 1 unspecified atom stereocenters. The van der Waals surface area contributed by atoms with Gasteiger partial charge in [-0.25, -0.2) is 0 Å². The number of halogens is 3. The summed E-state index contributed by atoms with van der Waals surface area (Å²) in [6.45, 7) is 2.28. The van der Waals surface area contributed by atoms with Crippen molar-refractivity contribution in [2.24, 2.45) is 0 Å². The molecule has 1 atom stereocenters. The van der Waals surface area contributed by atoms with E-state index >= 15 is 0 Å². The first-order valence-corrected chi connectivity index (χ1v) is 7.97. The van der Waals surface area contributed by atoms with Gasteiger partial charge in [-0.15, -0.1) is 0 Å². The average molecular weight is 353 g/mol. The zero-order valence-electron chi connectivity index (χ0n) is 14.5. The maximum absolute atomic E-state index is 13.1. The number of hydrogen-bond acceptors (Lipinski definition) is 3. The second-order valence-electron chi connectivity index (χ2n) is 5.70. The highest BCUT2D eigenvalue weighted by Crippen LogP contribution is 2.34. The molecular formula is C19H22F3NO2. The highest BCUT2D eigenvalue weighted by molar-refractivity contribution is 5.43. The number of alkyl halides is 3. The number of hydrogen-bond donors (Lipinski definition) is 1. The summed E-state index contributed by atoms with van der Waals surface area (Å²) < 4.78 is 49.7. The van der Waals surface area contributed by atoms with Gasteiger partial charge in [0, 0.05) is 6.04 Å². The Morgan fingerprint density at radius 3 is 2.32 bits per heavy atom. The molecule has 3 nitrogen and oxygen atoms in total. The Morgan fingerprint density at radius 1 is 1.00 bits per heavy atom. The fraction of sp³-hybridized carbons (Fsp3) is 0.368. The third-order valence-electron chi connectivity index (χ3n) is 4.04. The summed E-state index contributed by atoms with van der Waals surface area (Å²) in [5, 5.41) is 3.15. The van der Waals surface area contributed by atoms with E-state index in [9.17, 15) is 13.2 Å². The monoisotopic (exact) mass is 353 g/mol. The molecule has 0 saturated heterocycles. The molecule has 2 aromatic rings. The van der Waals surface area contributed by atoms with Crippen molar-refractivity contribution in [1.82, 2.24) is 5.32 Å². The minimum absolute atomic E-state index is 0.252. The molecule has 0 heterocycles. The standard InChI is InChI=1S/C19H22F3NO2/c1-13(15-6-4-5-7-16(15)19(20,21)22)23-11-10-14-8-9-17(24-2)18(12-14)25-3/h4-9,12-13,23H,10-11H2,1-3H3. The van der Waals surface area contributed by atoms with Crippen LogP contribution < -0.4 is 14.8 Å². The number of ether oxygens (including phenoxy) is 2. The molecule has 0 aromatic heterocycles. The number of rotatable bonds is 7. The molecule has 0 saturated carbocycles. The quantitative estimate of drug-likeness (QED) is 0.788. The SMILES string of the molecule is COc1ccc(CCNC(C)c2ccccc2C(F)(F)F)cc1OC. The van der Waals surface area contributed by atoms with Crippen LogP contribution in [0.15, 0.2) is 42.5 Å². The van der Waals surface area contributed by atoms with E-state index < -0.39 is 17.8 Å². The van der Waals surface area contributed by atoms with Gasteiger partial charge >= 0.3 is 6.18 Å². The number of benzene rings is 2. The lowest BCUT2D eigenvalue weighted by Crippen LogP contribution is -2.24. The average Bonchev–Trinajstić information content (AvgIpc) is 2.60. The summed E-state index contributed by atoms with van der Waals surface area (Å²) in [7, 11) is 3.13. The van der Waals surface area contributed by atoms with Crippen LogP contribution in [0.25, 0.3) is 0 Å². The number of methoxy groups -OCH3 is 2. The molecule has 136 valence electrons. The first-order chi connectivity index (χ1) is 11.9. The maximum Gasteiger partial charge on any atom is 0.416 e. The molecule has 2 rings (SSSR count). The van der Waals surface area contributed by atoms with Crippen molar-refractivity contribution in [3.8, 4) is 11.5 Å². The molecule has 0 spiro atoms. The van der Waals surface area contributed by atoms with Gasteiger partial charge in [0.25, 0.3) is 0 Å². The van der Waals surface area contributed by atoms with Crippen molar-refractivity contribution >= 4 is 0 Å². The van der Waals surface area contributed by atoms with Gasteiger partial charge in [-0.1, -0.05) is 24.3 Å². The van der Waals surface area contributed by atoms with Crippen LogP contribution in [0, 0.1) is 0 Å². The van der Waals surface area contributed by atoms with Crippen molar-refractivity contribution in [2.75, 3.05) is 20.8 Å². The summed E-state index contributed by atoms with van der Waals surface area (Å²) in [5.41, 5.74) is 0.671. The van der Waals surface area contributed by atoms with Crippen LogP contribution in [0.2, 0.25) is 0 Å². The van der Waals surface area contributed by atoms with Gasteiger partial charge in [0.1, 0.15) is 0 Å². The van der Waals surface area contributed by atoms with Crippen LogP contribution >= 0.6 is 0 Å². The largest absolute Gasteiger partial charge is 0.493 e. The van der Waals surface area contributed by atoms with E-state index in [1.54, 1.807) is 27.2 Å². The maximum atomic E-state index is 13.1. The Morgan fingerprint density at radius 2 is 1.68 bits per heavy atom. The van der Waals surface area contributed by atoms with Crippen molar-refractivity contribution in [3.63, 3.8) is 0 Å². The minimum Gasteiger partial charge on any atom is -0.493 e. The Kier molecular flexibility index (Phi) is 6.31. The van der Waals surface area contributed by atoms with Gasteiger partial charge in [0.2, 0.25) is 0 Å². The van der Waals surface area contributed by atoms with Gasteiger partial charge in [-0.3, -0.25) is 0 Å². The summed E-state index contributed by atoms with van der Waals surface area (Å²) in [4.78, 5) is 0. The molecule has 1 N–H and O–H groups in total. The normalized spacial score (nSPS) is 12.7. The van der Waals surface area contributed by atoms with Crippen LogP contribution in [-0.2, 0) is 12.6 Å². The Balaban J connectivity index is 2.01. The Hall–Kier alpha value is -2.21. The lowest BCUT2D eigenvalue weighted by molar-refractivity contribution is -0.138. The molecule has 6 heteroatoms. The topological polar surface area (TPSA) is 30.5 Å². The Labute approximate surface area is 145 Å². The van der Waals surface area contributed by atoms with Crippen LogP contribution in [-0.4, -0.2) is 20.8 Å². The summed E-state index contributed by atoms with van der Waals surface area (Å²) >= 11 is 0. The highest BCUT2D eigenvalue weighted by Gasteiger charge is 2.33. The molecule has 25 heavy (non-hydrogen) atoms. The van der Waals surface area contributed by atoms with E-state index in [4.69, 9.17) is 9.47 Å². The van der Waals surface area contributed by atoms with Crippen LogP contribution in [0.3, 0.4) is 0 Å². The summed E-state index contributed by atoms with van der Waals surface area (Å²) in [6.07, 6.45) is -3.69. The molecule has 0 aliphatic carbocycles. The zero-order valence-corrected chi connectivity index (χ0v) is 14.5. The van der Waals surface area contributed by atoms with E-state index in [1.165, 1.54) is 12.1 Å². The lowest BCUT2D eigenvalue weighted by Gasteiger charge is -2.19. The van der Waals surface area contributed by atoms with Gasteiger partial charge in [0.15, 0.2) is 11.5 Å². The van der Waals surface area contributed by atoms with Gasteiger partial charge in [-0.05, 0) is 49.2 Å². The predicted molar refractivity (Wildman–Crippen MR) is 91.1 cm³/mol. The number of nitrogens with one attached hydrogen (secondary N) is 1. The van der Waals surface area contributed by atoms with Crippen molar-refractivity contribution < 1.29 is 22.6 Å². The van der Waals surface area contributed by atoms with Gasteiger partial charge in [-0.2, -0.15) is 13.2 Å². The zero-order chi connectivity index (χ0) is 18.4. The molecule has 0 radical (unpaired) electrons. The van der Waals surface area contributed by atoms with Crippen LogP contribution in [0.4, 0.5) is 13.2 Å². The highest BCUT2D eigenvalue weighted by atomic mass is 19.4. The molecule has 0 fully saturated rings. The molecule has 0 amide bonds. The Bertz CT molecular complexity index is 701. The third-order valence-corrected chi connectivity index (χ3v) is 4.04. The fourth-order valence-electron chi connectivity index (χ4n) is 2.71. The van der Waals surface area contributed by atoms with Crippen molar-refractivity contribution in [3.05, 3.63) is 59.2 Å². The molecule has 0 aliphatic heterocycles. The second kappa shape index (κ2) is 8.25. The first-order valence-electron chi connectivity index (χ1n) is 7.97. The lowest BCUT2D eigenvalue weighted by atomic mass is 10.0. The molecule has 0 aliphatic rings. The van der Waals surface area contributed by atoms with Crippen LogP contribution in [0.5, 0.6) is 11.5 Å². The summed E-state index contributed by atoms with van der Waals surface area (Å²) in [6, 6.07) is 10.8. The van der Waals surface area contributed by atoms with Crippen LogP contribution in [0.1, 0.15) is 29.7 Å². The second-order valence-corrected chi connectivity index (χ2v) is 5.70. The van der Waals surface area contributed by atoms with Gasteiger partial charge < -0.3 is 14.8 Å². The minimum atomic E-state index is -4.35.